The molecule has 8 heteroatoms. The predicted molar refractivity (Wildman–Crippen MR) is 91.9 cm³/mol. The molecule has 1 heterocycles. The molecule has 0 spiro atoms. The standard InChI is InChI=1S/C16H29N5O3/c1-3-17-14(18-8-9-21-13(22)11-19-15(21)23)20-12-16(5-4-6-16)7-10-24-2/h3-12H2,1-2H3,(H,19,23)(H2,17,18,20). The van der Waals surface area contributed by atoms with Crippen LogP contribution in [0.4, 0.5) is 4.79 Å². The van der Waals surface area contributed by atoms with E-state index in [4.69, 9.17) is 9.73 Å². The van der Waals surface area contributed by atoms with E-state index in [1.807, 2.05) is 6.92 Å². The Kier molecular flexibility index (Phi) is 6.84. The van der Waals surface area contributed by atoms with E-state index in [1.54, 1.807) is 7.11 Å². The average molecular weight is 339 g/mol. The zero-order chi connectivity index (χ0) is 17.4. The summed E-state index contributed by atoms with van der Waals surface area (Å²) in [7, 11) is 1.73. The Morgan fingerprint density at radius 2 is 2.17 bits per heavy atom. The predicted octanol–water partition coefficient (Wildman–Crippen LogP) is 0.300. The number of carbonyl (C=O) groups is 2. The first kappa shape index (κ1) is 18.5. The summed E-state index contributed by atoms with van der Waals surface area (Å²) in [5.41, 5.74) is 0.267. The van der Waals surface area contributed by atoms with Crippen LogP contribution < -0.4 is 16.0 Å². The van der Waals surface area contributed by atoms with Crippen molar-refractivity contribution in [2.45, 2.75) is 32.6 Å². The van der Waals surface area contributed by atoms with Crippen molar-refractivity contribution in [3.05, 3.63) is 0 Å². The lowest BCUT2D eigenvalue weighted by atomic mass is 9.67. The summed E-state index contributed by atoms with van der Waals surface area (Å²) >= 11 is 0. The van der Waals surface area contributed by atoms with E-state index < -0.39 is 0 Å². The van der Waals surface area contributed by atoms with Gasteiger partial charge in [0.05, 0.1) is 6.54 Å². The molecule has 2 fully saturated rings. The number of hydrogen-bond acceptors (Lipinski definition) is 4. The summed E-state index contributed by atoms with van der Waals surface area (Å²) in [6.45, 7) is 5.23. The van der Waals surface area contributed by atoms with Crippen molar-refractivity contribution in [2.24, 2.45) is 10.4 Å². The van der Waals surface area contributed by atoms with Gasteiger partial charge in [0, 0.05) is 39.9 Å². The van der Waals surface area contributed by atoms with Crippen molar-refractivity contribution >= 4 is 17.9 Å². The fourth-order valence-electron chi connectivity index (χ4n) is 3.04. The number of methoxy groups -OCH3 is 1. The molecule has 3 N–H and O–H groups in total. The molecule has 0 unspecified atom stereocenters. The van der Waals surface area contributed by atoms with Crippen molar-refractivity contribution < 1.29 is 14.3 Å². The van der Waals surface area contributed by atoms with Gasteiger partial charge in [-0.1, -0.05) is 6.42 Å². The number of guanidine groups is 1. The minimum atomic E-state index is -0.322. The second-order valence-corrected chi connectivity index (χ2v) is 6.42. The molecule has 1 saturated carbocycles. The van der Waals surface area contributed by atoms with Crippen LogP contribution in [0.15, 0.2) is 4.99 Å². The molecule has 1 aliphatic heterocycles. The highest BCUT2D eigenvalue weighted by molar-refractivity contribution is 6.01. The van der Waals surface area contributed by atoms with E-state index in [0.29, 0.717) is 13.1 Å². The van der Waals surface area contributed by atoms with Gasteiger partial charge in [0.25, 0.3) is 0 Å². The Hall–Kier alpha value is -1.83. The van der Waals surface area contributed by atoms with Crippen LogP contribution in [0.3, 0.4) is 0 Å². The van der Waals surface area contributed by atoms with Crippen molar-refractivity contribution in [3.8, 4) is 0 Å². The number of nitrogens with zero attached hydrogens (tertiary/aromatic N) is 2. The molecule has 1 aliphatic carbocycles. The monoisotopic (exact) mass is 339 g/mol. The molecular formula is C16H29N5O3. The van der Waals surface area contributed by atoms with Crippen molar-refractivity contribution in [2.75, 3.05) is 46.4 Å². The third kappa shape index (κ3) is 4.83. The topological polar surface area (TPSA) is 95.1 Å². The van der Waals surface area contributed by atoms with Gasteiger partial charge in [-0.25, -0.2) is 4.79 Å². The number of imide groups is 1. The first-order valence-electron chi connectivity index (χ1n) is 8.69. The Morgan fingerprint density at radius 1 is 1.38 bits per heavy atom. The van der Waals surface area contributed by atoms with Gasteiger partial charge in [-0.15, -0.1) is 0 Å². The van der Waals surface area contributed by atoms with Gasteiger partial charge in [0.15, 0.2) is 5.96 Å². The lowest BCUT2D eigenvalue weighted by molar-refractivity contribution is -0.124. The highest BCUT2D eigenvalue weighted by Crippen LogP contribution is 2.44. The zero-order valence-corrected chi connectivity index (χ0v) is 14.7. The molecule has 2 aliphatic rings. The van der Waals surface area contributed by atoms with Crippen LogP contribution in [0.2, 0.25) is 0 Å². The third-order valence-electron chi connectivity index (χ3n) is 4.73. The Balaban J connectivity index is 1.82. The molecule has 0 bridgehead atoms. The highest BCUT2D eigenvalue weighted by Gasteiger charge is 2.36. The van der Waals surface area contributed by atoms with Crippen molar-refractivity contribution in [1.82, 2.24) is 20.9 Å². The van der Waals surface area contributed by atoms with Crippen molar-refractivity contribution in [3.63, 3.8) is 0 Å². The van der Waals surface area contributed by atoms with Gasteiger partial charge in [-0.2, -0.15) is 0 Å². The lowest BCUT2D eigenvalue weighted by Gasteiger charge is -2.40. The summed E-state index contributed by atoms with van der Waals surface area (Å²) < 4.78 is 5.21. The number of amides is 3. The molecule has 2 rings (SSSR count). The minimum Gasteiger partial charge on any atom is -0.385 e. The normalized spacial score (nSPS) is 19.9. The van der Waals surface area contributed by atoms with Gasteiger partial charge < -0.3 is 20.7 Å². The van der Waals surface area contributed by atoms with E-state index in [2.05, 4.69) is 16.0 Å². The molecule has 136 valence electrons. The number of carbonyl (C=O) groups excluding carboxylic acids is 2. The molecule has 0 aromatic rings. The minimum absolute atomic E-state index is 0.0923. The Morgan fingerprint density at radius 3 is 2.71 bits per heavy atom. The van der Waals surface area contributed by atoms with E-state index in [1.165, 1.54) is 24.2 Å². The molecule has 1 saturated heterocycles. The molecule has 0 atom stereocenters. The van der Waals surface area contributed by atoms with Crippen molar-refractivity contribution in [1.29, 1.82) is 0 Å². The number of rotatable bonds is 9. The summed E-state index contributed by atoms with van der Waals surface area (Å²) in [6, 6.07) is -0.322. The van der Waals surface area contributed by atoms with E-state index in [0.717, 1.165) is 32.1 Å². The third-order valence-corrected chi connectivity index (χ3v) is 4.73. The average Bonchev–Trinajstić information content (AvgIpc) is 2.85. The van der Waals surface area contributed by atoms with E-state index in [-0.39, 0.29) is 23.9 Å². The van der Waals surface area contributed by atoms with E-state index >= 15 is 0 Å². The molecule has 0 aromatic carbocycles. The number of nitrogens with one attached hydrogen (secondary N) is 3. The van der Waals surface area contributed by atoms with Gasteiger partial charge in [-0.05, 0) is 31.6 Å². The highest BCUT2D eigenvalue weighted by atomic mass is 16.5. The molecule has 0 radical (unpaired) electrons. The van der Waals surface area contributed by atoms with E-state index in [9.17, 15) is 9.59 Å². The summed E-state index contributed by atoms with van der Waals surface area (Å²) in [6.07, 6.45) is 4.69. The molecular weight excluding hydrogens is 310 g/mol. The number of aliphatic imine (C=N–C) groups is 1. The Bertz CT molecular complexity index is 460. The quantitative estimate of drug-likeness (QED) is 0.319. The SMILES string of the molecule is CCNC(=NCC1(CCOC)CCC1)NCCN1C(=O)CNC1=O. The van der Waals surface area contributed by atoms with Gasteiger partial charge in [0.1, 0.15) is 0 Å². The van der Waals surface area contributed by atoms with Gasteiger partial charge in [0.2, 0.25) is 5.91 Å². The maximum atomic E-state index is 11.5. The summed E-state index contributed by atoms with van der Waals surface area (Å²) in [4.78, 5) is 29.0. The van der Waals surface area contributed by atoms with Crippen LogP contribution in [-0.4, -0.2) is 69.2 Å². The van der Waals surface area contributed by atoms with Crippen LogP contribution in [0.5, 0.6) is 0 Å². The fraction of sp³-hybridized carbons (Fsp3) is 0.812. The fourth-order valence-corrected chi connectivity index (χ4v) is 3.04. The second-order valence-electron chi connectivity index (χ2n) is 6.42. The summed E-state index contributed by atoms with van der Waals surface area (Å²) in [5.74, 6) is 0.546. The van der Waals surface area contributed by atoms with Crippen LogP contribution in [-0.2, 0) is 9.53 Å². The van der Waals surface area contributed by atoms with Crippen LogP contribution in [0.25, 0.3) is 0 Å². The molecule has 0 aromatic heterocycles. The maximum absolute atomic E-state index is 11.5. The Labute approximate surface area is 143 Å². The van der Waals surface area contributed by atoms with Gasteiger partial charge >= 0.3 is 6.03 Å². The maximum Gasteiger partial charge on any atom is 0.324 e. The second kappa shape index (κ2) is 8.86. The largest absolute Gasteiger partial charge is 0.385 e. The van der Waals surface area contributed by atoms with Crippen LogP contribution in [0, 0.1) is 5.41 Å². The lowest BCUT2D eigenvalue weighted by Crippen LogP contribution is -2.44. The smallest absolute Gasteiger partial charge is 0.324 e. The van der Waals surface area contributed by atoms with Crippen LogP contribution >= 0.6 is 0 Å². The molecule has 24 heavy (non-hydrogen) atoms. The number of urea groups is 1. The summed E-state index contributed by atoms with van der Waals surface area (Å²) in [5, 5.41) is 8.92. The number of ether oxygens (including phenoxy) is 1. The number of hydrogen-bond donors (Lipinski definition) is 3. The molecule has 3 amide bonds. The first-order valence-corrected chi connectivity index (χ1v) is 8.69. The first-order chi connectivity index (χ1) is 11.6. The van der Waals surface area contributed by atoms with Crippen LogP contribution in [0.1, 0.15) is 32.6 Å². The zero-order valence-electron chi connectivity index (χ0n) is 14.7. The van der Waals surface area contributed by atoms with Gasteiger partial charge in [-0.3, -0.25) is 14.7 Å². The molecule has 8 nitrogen and oxygen atoms in total.